The number of ether oxygens (including phenoxy) is 1. The van der Waals surface area contributed by atoms with E-state index >= 15 is 0 Å². The Balaban J connectivity index is 2.10. The van der Waals surface area contributed by atoms with Gasteiger partial charge in [-0.3, -0.25) is 9.59 Å². The minimum Gasteiger partial charge on any atom is -0.481 e. The van der Waals surface area contributed by atoms with E-state index in [1.165, 1.54) is 12.0 Å². The maximum atomic E-state index is 11.9. The number of hydrogen-bond acceptors (Lipinski definition) is 4. The van der Waals surface area contributed by atoms with Crippen molar-refractivity contribution in [2.75, 3.05) is 20.2 Å². The monoisotopic (exact) mass is 241 g/mol. The molecular weight excluding hydrogens is 226 g/mol. The highest BCUT2D eigenvalue weighted by Gasteiger charge is 2.45. The van der Waals surface area contributed by atoms with E-state index in [2.05, 4.69) is 4.74 Å². The summed E-state index contributed by atoms with van der Waals surface area (Å²) < 4.78 is 4.62. The van der Waals surface area contributed by atoms with Gasteiger partial charge >= 0.3 is 12.1 Å². The number of carbonyl (C=O) groups excluding carboxylic acids is 2. The van der Waals surface area contributed by atoms with Crippen LogP contribution in [0.2, 0.25) is 0 Å². The van der Waals surface area contributed by atoms with Crippen molar-refractivity contribution in [3.8, 4) is 0 Å². The summed E-state index contributed by atoms with van der Waals surface area (Å²) >= 11 is 0. The lowest BCUT2D eigenvalue weighted by molar-refractivity contribution is -0.148. The number of rotatable bonds is 1. The van der Waals surface area contributed by atoms with Gasteiger partial charge in [0.25, 0.3) is 0 Å². The predicted octanol–water partition coefficient (Wildman–Crippen LogP) is 0.364. The second-order valence-corrected chi connectivity index (χ2v) is 4.68. The first-order valence-electron chi connectivity index (χ1n) is 5.62. The van der Waals surface area contributed by atoms with Crippen molar-refractivity contribution in [3.63, 3.8) is 0 Å². The van der Waals surface area contributed by atoms with Crippen LogP contribution in [0.4, 0.5) is 4.79 Å². The van der Waals surface area contributed by atoms with Crippen LogP contribution in [0, 0.1) is 17.8 Å². The molecule has 94 valence electrons. The molecule has 0 aromatic rings. The first-order valence-corrected chi connectivity index (χ1v) is 5.62. The van der Waals surface area contributed by atoms with E-state index in [9.17, 15) is 14.4 Å². The van der Waals surface area contributed by atoms with Gasteiger partial charge in [-0.1, -0.05) is 0 Å². The van der Waals surface area contributed by atoms with Crippen LogP contribution in [0.5, 0.6) is 0 Å². The third-order valence-electron chi connectivity index (χ3n) is 3.61. The lowest BCUT2D eigenvalue weighted by Crippen LogP contribution is -2.53. The molecule has 2 bridgehead atoms. The minimum absolute atomic E-state index is 0.0997. The molecule has 6 heteroatoms. The van der Waals surface area contributed by atoms with Gasteiger partial charge in [0.15, 0.2) is 0 Å². The van der Waals surface area contributed by atoms with Crippen molar-refractivity contribution in [2.45, 2.75) is 12.8 Å². The number of nitrogens with zero attached hydrogens (tertiary/aromatic N) is 1. The summed E-state index contributed by atoms with van der Waals surface area (Å²) in [5, 5.41) is 8.98. The Morgan fingerprint density at radius 1 is 1.29 bits per heavy atom. The number of carboxylic acids is 1. The molecule has 1 aliphatic heterocycles. The van der Waals surface area contributed by atoms with Gasteiger partial charge in [-0.05, 0) is 12.8 Å². The molecule has 1 aliphatic carbocycles. The molecule has 17 heavy (non-hydrogen) atoms. The number of likely N-dealkylation sites (tertiary alicyclic amines) is 1. The van der Waals surface area contributed by atoms with E-state index in [-0.39, 0.29) is 30.7 Å². The molecule has 0 aromatic carbocycles. The molecular formula is C11H15NO5. The molecule has 2 atom stereocenters. The van der Waals surface area contributed by atoms with Crippen LogP contribution in [0.3, 0.4) is 0 Å². The average Bonchev–Trinajstić information content (AvgIpc) is 2.27. The molecule has 0 spiro atoms. The maximum Gasteiger partial charge on any atom is 0.409 e. The van der Waals surface area contributed by atoms with Crippen molar-refractivity contribution >= 4 is 17.8 Å². The Morgan fingerprint density at radius 2 is 1.82 bits per heavy atom. The molecule has 1 N–H and O–H groups in total. The van der Waals surface area contributed by atoms with E-state index in [1.807, 2.05) is 0 Å². The minimum atomic E-state index is -0.848. The van der Waals surface area contributed by atoms with Crippen LogP contribution in [-0.2, 0) is 14.3 Å². The van der Waals surface area contributed by atoms with Crippen LogP contribution in [0.15, 0.2) is 0 Å². The van der Waals surface area contributed by atoms with Gasteiger partial charge in [-0.15, -0.1) is 0 Å². The van der Waals surface area contributed by atoms with E-state index in [0.29, 0.717) is 12.8 Å². The summed E-state index contributed by atoms with van der Waals surface area (Å²) in [4.78, 5) is 35.7. The number of aliphatic carboxylic acids is 1. The zero-order valence-corrected chi connectivity index (χ0v) is 9.59. The number of ketones is 1. The van der Waals surface area contributed by atoms with E-state index < -0.39 is 18.0 Å². The van der Waals surface area contributed by atoms with Gasteiger partial charge in [-0.2, -0.15) is 0 Å². The lowest BCUT2D eigenvalue weighted by Gasteiger charge is -2.41. The van der Waals surface area contributed by atoms with Gasteiger partial charge in [0.2, 0.25) is 0 Å². The summed E-state index contributed by atoms with van der Waals surface area (Å²) in [5.41, 5.74) is 0. The quantitative estimate of drug-likeness (QED) is 0.716. The van der Waals surface area contributed by atoms with Crippen LogP contribution in [0.1, 0.15) is 12.8 Å². The predicted molar refractivity (Wildman–Crippen MR) is 56.3 cm³/mol. The molecule has 1 heterocycles. The van der Waals surface area contributed by atoms with E-state index in [4.69, 9.17) is 5.11 Å². The van der Waals surface area contributed by atoms with Gasteiger partial charge in [-0.25, -0.2) is 4.79 Å². The van der Waals surface area contributed by atoms with Crippen molar-refractivity contribution in [1.29, 1.82) is 0 Å². The zero-order chi connectivity index (χ0) is 12.6. The number of carbonyl (C=O) groups is 3. The number of hydrogen-bond donors (Lipinski definition) is 1. The molecule has 6 nitrogen and oxygen atoms in total. The zero-order valence-electron chi connectivity index (χ0n) is 9.59. The highest BCUT2D eigenvalue weighted by atomic mass is 16.5. The number of methoxy groups -OCH3 is 1. The fourth-order valence-corrected chi connectivity index (χ4v) is 2.76. The highest BCUT2D eigenvalue weighted by Crippen LogP contribution is 2.35. The first-order chi connectivity index (χ1) is 8.02. The Labute approximate surface area is 98.5 Å². The Bertz CT molecular complexity index is 349. The molecule has 2 unspecified atom stereocenters. The smallest absolute Gasteiger partial charge is 0.409 e. The summed E-state index contributed by atoms with van der Waals surface area (Å²) in [6.07, 6.45) is 0.220. The normalized spacial score (nSPS) is 32.2. The van der Waals surface area contributed by atoms with Crippen LogP contribution in [0.25, 0.3) is 0 Å². The Hall–Kier alpha value is -1.59. The summed E-state index contributed by atoms with van der Waals surface area (Å²) in [7, 11) is 1.30. The average molecular weight is 241 g/mol. The van der Waals surface area contributed by atoms with Gasteiger partial charge < -0.3 is 14.7 Å². The first kappa shape index (κ1) is 11.9. The number of piperidine rings is 1. The van der Waals surface area contributed by atoms with Gasteiger partial charge in [0.05, 0.1) is 13.0 Å². The van der Waals surface area contributed by atoms with Crippen LogP contribution in [-0.4, -0.2) is 48.1 Å². The summed E-state index contributed by atoms with van der Waals surface area (Å²) in [5.74, 6) is -1.89. The number of fused-ring (bicyclic) bond motifs is 2. The highest BCUT2D eigenvalue weighted by molar-refractivity contribution is 5.88. The second kappa shape index (κ2) is 4.35. The molecule has 0 aromatic heterocycles. The topological polar surface area (TPSA) is 83.9 Å². The summed E-state index contributed by atoms with van der Waals surface area (Å²) in [6.45, 7) is 0.567. The number of carboxylic acid groups (broad SMARTS) is 1. The van der Waals surface area contributed by atoms with Crippen LogP contribution >= 0.6 is 0 Å². The largest absolute Gasteiger partial charge is 0.481 e. The SMILES string of the molecule is COC(=O)N1CC2CC(C(=O)O)CC(C1)C2=O. The maximum absolute atomic E-state index is 11.9. The standard InChI is InChI=1S/C11H15NO5/c1-17-11(16)12-4-7-2-6(10(14)15)3-8(5-12)9(7)13/h6-8H,2-5H2,1H3,(H,14,15). The fourth-order valence-electron chi connectivity index (χ4n) is 2.76. The molecule has 2 rings (SSSR count). The van der Waals surface area contributed by atoms with Crippen molar-refractivity contribution in [2.24, 2.45) is 17.8 Å². The Kier molecular flexibility index (Phi) is 3.04. The van der Waals surface area contributed by atoms with Crippen molar-refractivity contribution in [3.05, 3.63) is 0 Å². The van der Waals surface area contributed by atoms with Gasteiger partial charge in [0, 0.05) is 24.9 Å². The molecule has 1 saturated carbocycles. The third kappa shape index (κ3) is 2.11. The Morgan fingerprint density at radius 3 is 2.24 bits per heavy atom. The van der Waals surface area contributed by atoms with E-state index in [1.54, 1.807) is 0 Å². The molecule has 1 amide bonds. The van der Waals surface area contributed by atoms with Crippen molar-refractivity contribution < 1.29 is 24.2 Å². The molecule has 0 radical (unpaired) electrons. The molecule has 1 saturated heterocycles. The number of Topliss-reactive ketones (excluding diaryl/α,β-unsaturated/α-hetero) is 1. The van der Waals surface area contributed by atoms with Crippen LogP contribution < -0.4 is 0 Å². The molecule has 2 fully saturated rings. The van der Waals surface area contributed by atoms with Crippen molar-refractivity contribution in [1.82, 2.24) is 4.90 Å². The fraction of sp³-hybridized carbons (Fsp3) is 0.727. The van der Waals surface area contributed by atoms with E-state index in [0.717, 1.165) is 0 Å². The number of amides is 1. The second-order valence-electron chi connectivity index (χ2n) is 4.68. The lowest BCUT2D eigenvalue weighted by atomic mass is 9.71. The third-order valence-corrected chi connectivity index (χ3v) is 3.61. The summed E-state index contributed by atoms with van der Waals surface area (Å²) in [6, 6.07) is 0. The molecule has 2 aliphatic rings. The van der Waals surface area contributed by atoms with Gasteiger partial charge in [0.1, 0.15) is 5.78 Å².